The fourth-order valence-corrected chi connectivity index (χ4v) is 1.80. The van der Waals surface area contributed by atoms with Crippen molar-refractivity contribution in [3.8, 4) is 0 Å². The van der Waals surface area contributed by atoms with E-state index in [1.54, 1.807) is 31.2 Å². The SMILES string of the molecule is Cc1cc(C(O)CNc2ccccc2F)ccc1F. The number of nitrogens with one attached hydrogen (secondary N) is 1. The minimum absolute atomic E-state index is 0.159. The molecule has 1 unspecified atom stereocenters. The number of benzene rings is 2. The summed E-state index contributed by atoms with van der Waals surface area (Å²) in [6, 6.07) is 10.7. The Labute approximate surface area is 110 Å². The lowest BCUT2D eigenvalue weighted by Gasteiger charge is -2.14. The van der Waals surface area contributed by atoms with Crippen LogP contribution in [0.4, 0.5) is 14.5 Å². The van der Waals surface area contributed by atoms with E-state index >= 15 is 0 Å². The topological polar surface area (TPSA) is 32.3 Å². The molecule has 100 valence electrons. The molecule has 0 fully saturated rings. The first-order valence-corrected chi connectivity index (χ1v) is 6.00. The monoisotopic (exact) mass is 263 g/mol. The Bertz CT molecular complexity index is 572. The largest absolute Gasteiger partial charge is 0.387 e. The van der Waals surface area contributed by atoms with Crippen molar-refractivity contribution in [2.24, 2.45) is 0 Å². The Balaban J connectivity index is 2.03. The number of anilines is 1. The molecule has 0 saturated heterocycles. The van der Waals surface area contributed by atoms with E-state index in [-0.39, 0.29) is 18.2 Å². The number of aryl methyl sites for hydroxylation is 1. The van der Waals surface area contributed by atoms with Gasteiger partial charge < -0.3 is 10.4 Å². The van der Waals surface area contributed by atoms with Crippen LogP contribution in [0.3, 0.4) is 0 Å². The van der Waals surface area contributed by atoms with Crippen LogP contribution in [0.25, 0.3) is 0 Å². The average molecular weight is 263 g/mol. The Morgan fingerprint density at radius 2 is 1.84 bits per heavy atom. The second kappa shape index (κ2) is 5.80. The van der Waals surface area contributed by atoms with Gasteiger partial charge in [-0.1, -0.05) is 24.3 Å². The molecule has 0 spiro atoms. The van der Waals surface area contributed by atoms with Crippen LogP contribution in [0.15, 0.2) is 42.5 Å². The number of aliphatic hydroxyl groups is 1. The van der Waals surface area contributed by atoms with E-state index in [1.807, 2.05) is 0 Å². The van der Waals surface area contributed by atoms with Gasteiger partial charge >= 0.3 is 0 Å². The molecule has 0 aliphatic heterocycles. The Hall–Kier alpha value is -1.94. The van der Waals surface area contributed by atoms with Gasteiger partial charge in [0.15, 0.2) is 0 Å². The highest BCUT2D eigenvalue weighted by Crippen LogP contribution is 2.19. The standard InChI is InChI=1S/C15H15F2NO/c1-10-8-11(6-7-12(10)16)15(19)9-18-14-5-3-2-4-13(14)17/h2-8,15,18-19H,9H2,1H3. The molecule has 2 nitrogen and oxygen atoms in total. The van der Waals surface area contributed by atoms with Crippen molar-refractivity contribution < 1.29 is 13.9 Å². The van der Waals surface area contributed by atoms with Crippen LogP contribution in [0.2, 0.25) is 0 Å². The van der Waals surface area contributed by atoms with E-state index < -0.39 is 6.10 Å². The molecular formula is C15H15F2NO. The summed E-state index contributed by atoms with van der Waals surface area (Å²) < 4.78 is 26.5. The van der Waals surface area contributed by atoms with E-state index in [0.717, 1.165) is 0 Å². The van der Waals surface area contributed by atoms with Crippen molar-refractivity contribution in [2.45, 2.75) is 13.0 Å². The third-order valence-corrected chi connectivity index (χ3v) is 2.93. The lowest BCUT2D eigenvalue weighted by atomic mass is 10.1. The minimum atomic E-state index is -0.820. The van der Waals surface area contributed by atoms with Crippen molar-refractivity contribution in [1.29, 1.82) is 0 Å². The van der Waals surface area contributed by atoms with Gasteiger partial charge in [-0.2, -0.15) is 0 Å². The fourth-order valence-electron chi connectivity index (χ4n) is 1.80. The Morgan fingerprint density at radius 1 is 1.11 bits per heavy atom. The lowest BCUT2D eigenvalue weighted by Crippen LogP contribution is -2.13. The van der Waals surface area contributed by atoms with E-state index in [4.69, 9.17) is 0 Å². The highest BCUT2D eigenvalue weighted by atomic mass is 19.1. The summed E-state index contributed by atoms with van der Waals surface area (Å²) in [5.74, 6) is -0.678. The summed E-state index contributed by atoms with van der Waals surface area (Å²) in [5.41, 5.74) is 1.41. The summed E-state index contributed by atoms with van der Waals surface area (Å²) in [7, 11) is 0. The van der Waals surface area contributed by atoms with Gasteiger partial charge in [-0.15, -0.1) is 0 Å². The number of hydrogen-bond acceptors (Lipinski definition) is 2. The van der Waals surface area contributed by atoms with Crippen LogP contribution < -0.4 is 5.32 Å². The zero-order chi connectivity index (χ0) is 13.8. The number of hydrogen-bond donors (Lipinski definition) is 2. The molecule has 2 rings (SSSR count). The number of para-hydroxylation sites is 1. The average Bonchev–Trinajstić information content (AvgIpc) is 2.40. The van der Waals surface area contributed by atoms with Crippen LogP contribution in [0, 0.1) is 18.6 Å². The molecule has 1 atom stereocenters. The second-order valence-corrected chi connectivity index (χ2v) is 4.39. The predicted molar refractivity (Wildman–Crippen MR) is 71.0 cm³/mol. The summed E-state index contributed by atoms with van der Waals surface area (Å²) in [6.07, 6.45) is -0.820. The fraction of sp³-hybridized carbons (Fsp3) is 0.200. The summed E-state index contributed by atoms with van der Waals surface area (Å²) in [5, 5.41) is 12.8. The van der Waals surface area contributed by atoms with Crippen molar-refractivity contribution >= 4 is 5.69 Å². The Morgan fingerprint density at radius 3 is 2.53 bits per heavy atom. The molecule has 0 radical (unpaired) electrons. The van der Waals surface area contributed by atoms with Gasteiger partial charge in [0, 0.05) is 6.54 Å². The van der Waals surface area contributed by atoms with E-state index in [9.17, 15) is 13.9 Å². The molecule has 0 bridgehead atoms. The molecule has 2 aromatic carbocycles. The first-order chi connectivity index (χ1) is 9.08. The Kier molecular flexibility index (Phi) is 4.12. The van der Waals surface area contributed by atoms with Gasteiger partial charge in [-0.3, -0.25) is 0 Å². The zero-order valence-corrected chi connectivity index (χ0v) is 10.5. The molecular weight excluding hydrogens is 248 g/mol. The third kappa shape index (κ3) is 3.29. The van der Waals surface area contributed by atoms with E-state index in [1.165, 1.54) is 18.2 Å². The van der Waals surface area contributed by atoms with Crippen molar-refractivity contribution in [1.82, 2.24) is 0 Å². The van der Waals surface area contributed by atoms with Crippen molar-refractivity contribution in [2.75, 3.05) is 11.9 Å². The molecule has 0 saturated carbocycles. The highest BCUT2D eigenvalue weighted by Gasteiger charge is 2.10. The zero-order valence-electron chi connectivity index (χ0n) is 10.5. The molecule has 0 aliphatic rings. The number of rotatable bonds is 4. The van der Waals surface area contributed by atoms with Crippen LogP contribution in [-0.2, 0) is 0 Å². The third-order valence-electron chi connectivity index (χ3n) is 2.93. The van der Waals surface area contributed by atoms with Crippen LogP contribution in [0.1, 0.15) is 17.2 Å². The molecule has 0 aliphatic carbocycles. The van der Waals surface area contributed by atoms with Gasteiger partial charge in [0.2, 0.25) is 0 Å². The molecule has 2 aromatic rings. The maximum Gasteiger partial charge on any atom is 0.146 e. The molecule has 0 aromatic heterocycles. The van der Waals surface area contributed by atoms with E-state index in [0.29, 0.717) is 16.8 Å². The lowest BCUT2D eigenvalue weighted by molar-refractivity contribution is 0.191. The number of halogens is 2. The normalized spacial score (nSPS) is 12.2. The summed E-state index contributed by atoms with van der Waals surface area (Å²) >= 11 is 0. The molecule has 4 heteroatoms. The summed E-state index contributed by atoms with van der Waals surface area (Å²) in [6.45, 7) is 1.79. The number of aliphatic hydroxyl groups excluding tert-OH is 1. The van der Waals surface area contributed by atoms with Gasteiger partial charge in [-0.05, 0) is 36.2 Å². The maximum absolute atomic E-state index is 13.4. The highest BCUT2D eigenvalue weighted by molar-refractivity contribution is 5.44. The van der Waals surface area contributed by atoms with Crippen LogP contribution in [-0.4, -0.2) is 11.7 Å². The van der Waals surface area contributed by atoms with Gasteiger partial charge in [0.25, 0.3) is 0 Å². The first-order valence-electron chi connectivity index (χ1n) is 6.00. The van der Waals surface area contributed by atoms with Crippen LogP contribution in [0.5, 0.6) is 0 Å². The molecule has 19 heavy (non-hydrogen) atoms. The van der Waals surface area contributed by atoms with E-state index in [2.05, 4.69) is 5.32 Å². The summed E-state index contributed by atoms with van der Waals surface area (Å²) in [4.78, 5) is 0. The smallest absolute Gasteiger partial charge is 0.146 e. The minimum Gasteiger partial charge on any atom is -0.387 e. The van der Waals surface area contributed by atoms with Crippen LogP contribution >= 0.6 is 0 Å². The first kappa shape index (κ1) is 13.5. The van der Waals surface area contributed by atoms with Crippen molar-refractivity contribution in [3.63, 3.8) is 0 Å². The van der Waals surface area contributed by atoms with Gasteiger partial charge in [0.05, 0.1) is 11.8 Å². The van der Waals surface area contributed by atoms with Gasteiger partial charge in [0.1, 0.15) is 11.6 Å². The predicted octanol–water partition coefficient (Wildman–Crippen LogP) is 3.42. The maximum atomic E-state index is 13.4. The van der Waals surface area contributed by atoms with Crippen molar-refractivity contribution in [3.05, 3.63) is 65.2 Å². The molecule has 0 amide bonds. The second-order valence-electron chi connectivity index (χ2n) is 4.39. The molecule has 0 heterocycles. The quantitative estimate of drug-likeness (QED) is 0.886. The van der Waals surface area contributed by atoms with Gasteiger partial charge in [-0.25, -0.2) is 8.78 Å². The molecule has 2 N–H and O–H groups in total.